The normalized spacial score (nSPS) is 11.3. The van der Waals surface area contributed by atoms with Gasteiger partial charge in [-0.05, 0) is 79.6 Å². The van der Waals surface area contributed by atoms with Crippen LogP contribution >= 0.6 is 11.6 Å². The van der Waals surface area contributed by atoms with Crippen LogP contribution in [0.5, 0.6) is 5.75 Å². The summed E-state index contributed by atoms with van der Waals surface area (Å²) in [6.45, 7) is 2.82. The minimum Gasteiger partial charge on any atom is -0.484 e. The summed E-state index contributed by atoms with van der Waals surface area (Å²) < 4.78 is 33.2. The van der Waals surface area contributed by atoms with E-state index in [1.165, 1.54) is 18.3 Å². The van der Waals surface area contributed by atoms with Gasteiger partial charge in [-0.25, -0.2) is 13.8 Å². The van der Waals surface area contributed by atoms with E-state index in [1.54, 1.807) is 61.5 Å². The Kier molecular flexibility index (Phi) is 8.68. The maximum Gasteiger partial charge on any atom is 0.264 e. The number of sulfonamides is 1. The second-order valence-corrected chi connectivity index (χ2v) is 10.2. The lowest BCUT2D eigenvalue weighted by Crippen LogP contribution is -2.40. The molecule has 0 heterocycles. The van der Waals surface area contributed by atoms with Gasteiger partial charge in [-0.3, -0.25) is 13.9 Å². The highest BCUT2D eigenvalue weighted by Crippen LogP contribution is 2.29. The molecule has 0 unspecified atom stereocenters. The molecule has 0 bridgehead atoms. The maximum absolute atomic E-state index is 13.5. The number of benzene rings is 3. The molecule has 3 aromatic rings. The van der Waals surface area contributed by atoms with Gasteiger partial charge in [-0.15, -0.1) is 0 Å². The van der Waals surface area contributed by atoms with E-state index in [1.807, 2.05) is 6.92 Å². The molecule has 9 nitrogen and oxygen atoms in total. The van der Waals surface area contributed by atoms with Crippen LogP contribution in [0, 0.1) is 13.8 Å². The Morgan fingerprint density at radius 1 is 1.06 bits per heavy atom. The molecule has 0 saturated heterocycles. The van der Waals surface area contributed by atoms with Crippen molar-refractivity contribution in [2.75, 3.05) is 17.5 Å². The summed E-state index contributed by atoms with van der Waals surface area (Å²) in [6.07, 6.45) is 1.39. The summed E-state index contributed by atoms with van der Waals surface area (Å²) in [4.78, 5) is 23.6. The molecule has 3 N–H and O–H groups in total. The summed E-state index contributed by atoms with van der Waals surface area (Å²) in [5, 5.41) is 4.36. The first-order valence-corrected chi connectivity index (χ1v) is 12.6. The summed E-state index contributed by atoms with van der Waals surface area (Å²) in [5.41, 5.74) is 9.86. The average Bonchev–Trinajstić information content (AvgIpc) is 2.82. The van der Waals surface area contributed by atoms with Crippen molar-refractivity contribution in [3.63, 3.8) is 0 Å². The number of carbonyl (C=O) groups is 2. The predicted octanol–water partition coefficient (Wildman–Crippen LogP) is 3.17. The molecule has 0 atom stereocenters. The lowest BCUT2D eigenvalue weighted by atomic mass is 10.2. The van der Waals surface area contributed by atoms with Crippen LogP contribution < -0.4 is 20.2 Å². The van der Waals surface area contributed by atoms with Gasteiger partial charge in [0.25, 0.3) is 21.8 Å². The molecular formula is C25H25ClN4O5S. The molecule has 11 heteroatoms. The molecule has 0 aromatic heterocycles. The second kappa shape index (κ2) is 11.7. The number of ether oxygens (including phenoxy) is 1. The number of primary amides is 1. The minimum atomic E-state index is -4.06. The molecule has 36 heavy (non-hydrogen) atoms. The van der Waals surface area contributed by atoms with Gasteiger partial charge in [0.15, 0.2) is 6.61 Å². The van der Waals surface area contributed by atoms with Crippen LogP contribution in [0.3, 0.4) is 0 Å². The zero-order valence-electron chi connectivity index (χ0n) is 19.6. The molecule has 3 rings (SSSR count). The monoisotopic (exact) mass is 528 g/mol. The van der Waals surface area contributed by atoms with E-state index < -0.39 is 28.4 Å². The van der Waals surface area contributed by atoms with E-state index in [2.05, 4.69) is 10.5 Å². The van der Waals surface area contributed by atoms with Crippen LogP contribution in [0.2, 0.25) is 5.02 Å². The minimum absolute atomic E-state index is 0.0531. The van der Waals surface area contributed by atoms with E-state index in [0.717, 1.165) is 9.87 Å². The number of rotatable bonds is 10. The number of hydrazone groups is 1. The van der Waals surface area contributed by atoms with Crippen molar-refractivity contribution in [1.82, 2.24) is 5.43 Å². The fourth-order valence-corrected chi connectivity index (χ4v) is 4.90. The maximum atomic E-state index is 13.5. The zero-order valence-corrected chi connectivity index (χ0v) is 21.2. The van der Waals surface area contributed by atoms with Crippen LogP contribution in [0.4, 0.5) is 5.69 Å². The quantitative estimate of drug-likeness (QED) is 0.308. The number of amides is 2. The Balaban J connectivity index is 1.77. The number of carbonyl (C=O) groups excluding carboxylic acids is 2. The van der Waals surface area contributed by atoms with Gasteiger partial charge in [0.05, 0.1) is 16.8 Å². The predicted molar refractivity (Wildman–Crippen MR) is 139 cm³/mol. The van der Waals surface area contributed by atoms with Gasteiger partial charge in [0.1, 0.15) is 12.3 Å². The summed E-state index contributed by atoms with van der Waals surface area (Å²) in [6, 6.07) is 17.7. The molecular weight excluding hydrogens is 504 g/mol. The summed E-state index contributed by atoms with van der Waals surface area (Å²) in [7, 11) is -4.06. The number of aryl methyl sites for hydroxylation is 2. The Labute approximate surface area is 214 Å². The number of hydrogen-bond acceptors (Lipinski definition) is 6. The third kappa shape index (κ3) is 7.06. The third-order valence-corrected chi connectivity index (χ3v) is 7.00. The first-order valence-electron chi connectivity index (χ1n) is 10.7. The Morgan fingerprint density at radius 3 is 2.33 bits per heavy atom. The second-order valence-electron chi connectivity index (χ2n) is 7.87. The molecule has 2 amide bonds. The molecule has 0 aliphatic rings. The number of nitrogens with zero attached hydrogens (tertiary/aromatic N) is 2. The van der Waals surface area contributed by atoms with Crippen molar-refractivity contribution >= 4 is 45.3 Å². The molecule has 0 aliphatic carbocycles. The van der Waals surface area contributed by atoms with Crippen LogP contribution in [0.15, 0.2) is 76.7 Å². The van der Waals surface area contributed by atoms with Gasteiger partial charge in [-0.2, -0.15) is 5.10 Å². The number of nitrogens with one attached hydrogen (secondary N) is 1. The van der Waals surface area contributed by atoms with Gasteiger partial charge in [0.2, 0.25) is 0 Å². The van der Waals surface area contributed by atoms with Crippen LogP contribution in [0.1, 0.15) is 16.7 Å². The Hall–Kier alpha value is -3.89. The molecule has 0 spiro atoms. The van der Waals surface area contributed by atoms with Crippen LogP contribution in [-0.4, -0.2) is 39.6 Å². The SMILES string of the molecule is Cc1ccc(S(=O)(=O)N(CC(=O)N/N=C\c2ccc(OCC(N)=O)cc2)c2ccc(Cl)cc2C)cc1. The zero-order chi connectivity index (χ0) is 26.3. The van der Waals surface area contributed by atoms with Crippen molar-refractivity contribution in [1.29, 1.82) is 0 Å². The molecule has 3 aromatic carbocycles. The van der Waals surface area contributed by atoms with E-state index in [-0.39, 0.29) is 11.5 Å². The number of nitrogens with two attached hydrogens (primary N) is 1. The summed E-state index contributed by atoms with van der Waals surface area (Å²) in [5.74, 6) is -0.779. The van der Waals surface area contributed by atoms with E-state index in [4.69, 9.17) is 22.1 Å². The van der Waals surface area contributed by atoms with Gasteiger partial charge in [-0.1, -0.05) is 29.3 Å². The molecule has 0 radical (unpaired) electrons. The van der Waals surface area contributed by atoms with Crippen molar-refractivity contribution in [3.05, 3.63) is 88.4 Å². The number of halogens is 1. The van der Waals surface area contributed by atoms with Gasteiger partial charge >= 0.3 is 0 Å². The fraction of sp³-hybridized carbons (Fsp3) is 0.160. The largest absolute Gasteiger partial charge is 0.484 e. The lowest BCUT2D eigenvalue weighted by molar-refractivity contribution is -0.120. The van der Waals surface area contributed by atoms with E-state index >= 15 is 0 Å². The first-order chi connectivity index (χ1) is 17.1. The van der Waals surface area contributed by atoms with Crippen molar-refractivity contribution in [2.45, 2.75) is 18.7 Å². The van der Waals surface area contributed by atoms with Crippen molar-refractivity contribution < 1.29 is 22.7 Å². The molecule has 188 valence electrons. The standard InChI is InChI=1S/C25H25ClN4O5S/c1-17-3-10-22(11-4-17)36(33,34)30(23-12-7-20(26)13-18(23)2)15-25(32)29-28-14-19-5-8-21(9-6-19)35-16-24(27)31/h3-14H,15-16H2,1-2H3,(H2,27,31)(H,29,32)/b28-14-. The smallest absolute Gasteiger partial charge is 0.264 e. The first kappa shape index (κ1) is 26.7. The lowest BCUT2D eigenvalue weighted by Gasteiger charge is -2.25. The van der Waals surface area contributed by atoms with E-state index in [9.17, 15) is 18.0 Å². The van der Waals surface area contributed by atoms with Crippen molar-refractivity contribution in [2.24, 2.45) is 10.8 Å². The molecule has 0 fully saturated rings. The van der Waals surface area contributed by atoms with Crippen LogP contribution in [0.25, 0.3) is 0 Å². The highest BCUT2D eigenvalue weighted by Gasteiger charge is 2.28. The van der Waals surface area contributed by atoms with Crippen molar-refractivity contribution in [3.8, 4) is 5.75 Å². The number of anilines is 1. The average molecular weight is 529 g/mol. The summed E-state index contributed by atoms with van der Waals surface area (Å²) >= 11 is 6.05. The molecule has 0 saturated carbocycles. The van der Waals surface area contributed by atoms with Gasteiger partial charge in [0, 0.05) is 5.02 Å². The van der Waals surface area contributed by atoms with Gasteiger partial charge < -0.3 is 10.5 Å². The number of hydrogen-bond donors (Lipinski definition) is 2. The molecule has 0 aliphatic heterocycles. The van der Waals surface area contributed by atoms with Crippen LogP contribution in [-0.2, 0) is 19.6 Å². The topological polar surface area (TPSA) is 131 Å². The Bertz CT molecular complexity index is 1370. The highest BCUT2D eigenvalue weighted by atomic mass is 35.5. The Morgan fingerprint density at radius 2 is 1.72 bits per heavy atom. The van der Waals surface area contributed by atoms with E-state index in [0.29, 0.717) is 27.6 Å². The fourth-order valence-electron chi connectivity index (χ4n) is 3.18. The highest BCUT2D eigenvalue weighted by molar-refractivity contribution is 7.92. The third-order valence-electron chi connectivity index (χ3n) is 4.99.